The van der Waals surface area contributed by atoms with Crippen LogP contribution in [0.1, 0.15) is 0 Å². The number of hydrogen-bond donors (Lipinski definition) is 0. The van der Waals surface area contributed by atoms with E-state index in [1.54, 1.807) is 0 Å². The quantitative estimate of drug-likeness (QED) is 0.257. The first-order valence-corrected chi connectivity index (χ1v) is 3.42. The molecule has 0 aromatic carbocycles. The molecule has 0 atom stereocenters. The summed E-state index contributed by atoms with van der Waals surface area (Å²) in [6.45, 7) is 5.90. The van der Waals surface area contributed by atoms with Gasteiger partial charge in [-0.3, -0.25) is 0 Å². The number of hydrogen-bond acceptors (Lipinski definition) is 8. The SMILES string of the molecule is C=COC(=O)C(=O)[O-].C=COC(=O)C(=O)[O-].[Pt+2]. The van der Waals surface area contributed by atoms with Crippen molar-refractivity contribution in [3.63, 3.8) is 0 Å². The molecule has 8 nitrogen and oxygen atoms in total. The van der Waals surface area contributed by atoms with Gasteiger partial charge in [-0.1, -0.05) is 13.2 Å². The van der Waals surface area contributed by atoms with Crippen LogP contribution in [0.5, 0.6) is 0 Å². The molecule has 0 fully saturated rings. The molecule has 0 amide bonds. The molecule has 0 N–H and O–H groups in total. The molecule has 96 valence electrons. The molecule has 0 bridgehead atoms. The number of carboxylic acids is 2. The maximum Gasteiger partial charge on any atom is 2.00 e. The van der Waals surface area contributed by atoms with Crippen LogP contribution in [0.2, 0.25) is 0 Å². The van der Waals surface area contributed by atoms with E-state index in [0.717, 1.165) is 12.5 Å². The van der Waals surface area contributed by atoms with Crippen molar-refractivity contribution < 1.29 is 59.9 Å². The van der Waals surface area contributed by atoms with E-state index >= 15 is 0 Å². The summed E-state index contributed by atoms with van der Waals surface area (Å²) in [6, 6.07) is 0. The largest absolute Gasteiger partial charge is 2.00 e. The van der Waals surface area contributed by atoms with Crippen LogP contribution in [0.25, 0.3) is 0 Å². The molecule has 0 rings (SSSR count). The molecule has 0 radical (unpaired) electrons. The molecule has 17 heavy (non-hydrogen) atoms. The third-order valence-electron chi connectivity index (χ3n) is 0.714. The standard InChI is InChI=1S/2C4H4O4.Pt/c2*1-2-8-4(7)3(5)6;/h2*2H,1H2,(H,5,6);/q;;+2/p-2. The minimum absolute atomic E-state index is 0. The van der Waals surface area contributed by atoms with E-state index in [9.17, 15) is 29.4 Å². The molecule has 0 spiro atoms. The van der Waals surface area contributed by atoms with Crippen molar-refractivity contribution in [3.05, 3.63) is 25.7 Å². The maximum atomic E-state index is 9.79. The monoisotopic (exact) mass is 425 g/mol. The molecular weight excluding hydrogens is 419 g/mol. The van der Waals surface area contributed by atoms with Gasteiger partial charge in [0.15, 0.2) is 11.9 Å². The summed E-state index contributed by atoms with van der Waals surface area (Å²) in [5, 5.41) is 18.9. The zero-order chi connectivity index (χ0) is 13.1. The molecule has 0 saturated heterocycles. The van der Waals surface area contributed by atoms with Crippen molar-refractivity contribution in [2.24, 2.45) is 0 Å². The van der Waals surface area contributed by atoms with Crippen LogP contribution < -0.4 is 10.2 Å². The van der Waals surface area contributed by atoms with Gasteiger partial charge in [-0.25, -0.2) is 9.59 Å². The van der Waals surface area contributed by atoms with Crippen molar-refractivity contribution in [1.82, 2.24) is 0 Å². The van der Waals surface area contributed by atoms with Gasteiger partial charge in [-0.15, -0.1) is 0 Å². The second kappa shape index (κ2) is 12.1. The first-order valence-electron chi connectivity index (χ1n) is 3.42. The predicted molar refractivity (Wildman–Crippen MR) is 42.6 cm³/mol. The average molecular weight is 425 g/mol. The Morgan fingerprint density at radius 3 is 1.12 bits per heavy atom. The van der Waals surface area contributed by atoms with Crippen molar-refractivity contribution in [2.75, 3.05) is 0 Å². The summed E-state index contributed by atoms with van der Waals surface area (Å²) >= 11 is 0. The average Bonchev–Trinajstić information content (AvgIpc) is 2.19. The second-order valence-electron chi connectivity index (χ2n) is 1.72. The van der Waals surface area contributed by atoms with Gasteiger partial charge < -0.3 is 29.3 Å². The van der Waals surface area contributed by atoms with Gasteiger partial charge in [0.2, 0.25) is 0 Å². The fourth-order valence-electron chi connectivity index (χ4n) is 0.248. The van der Waals surface area contributed by atoms with Crippen LogP contribution in [0.4, 0.5) is 0 Å². The summed E-state index contributed by atoms with van der Waals surface area (Å²) < 4.78 is 7.53. The van der Waals surface area contributed by atoms with Crippen molar-refractivity contribution in [1.29, 1.82) is 0 Å². The normalized spacial score (nSPS) is 7.06. The summed E-state index contributed by atoms with van der Waals surface area (Å²) in [5.41, 5.74) is 0. The van der Waals surface area contributed by atoms with E-state index in [-0.39, 0.29) is 21.1 Å². The molecule has 0 aromatic rings. The molecule has 0 unspecified atom stereocenters. The zero-order valence-electron chi connectivity index (χ0n) is 8.15. The Bertz CT molecular complexity index is 289. The van der Waals surface area contributed by atoms with Crippen LogP contribution in [-0.2, 0) is 49.7 Å². The van der Waals surface area contributed by atoms with Crippen molar-refractivity contribution >= 4 is 23.9 Å². The van der Waals surface area contributed by atoms with Crippen LogP contribution in [0.15, 0.2) is 25.7 Å². The molecular formula is C8H6O8Pt. The van der Waals surface area contributed by atoms with E-state index in [0.29, 0.717) is 0 Å². The summed E-state index contributed by atoms with van der Waals surface area (Å²) in [7, 11) is 0. The number of esters is 2. The Kier molecular flexibility index (Phi) is 14.6. The Morgan fingerprint density at radius 2 is 1.06 bits per heavy atom. The summed E-state index contributed by atoms with van der Waals surface area (Å²) in [5.74, 6) is -6.60. The van der Waals surface area contributed by atoms with E-state index in [1.165, 1.54) is 0 Å². The molecule has 0 aliphatic carbocycles. The van der Waals surface area contributed by atoms with Gasteiger partial charge in [0.1, 0.15) is 0 Å². The number of rotatable bonds is 2. The fourth-order valence-corrected chi connectivity index (χ4v) is 0.248. The summed E-state index contributed by atoms with van der Waals surface area (Å²) in [6.07, 6.45) is 1.44. The third-order valence-corrected chi connectivity index (χ3v) is 0.714. The first-order chi connectivity index (χ1) is 7.36. The van der Waals surface area contributed by atoms with Crippen molar-refractivity contribution in [3.8, 4) is 0 Å². The Morgan fingerprint density at radius 1 is 0.824 bits per heavy atom. The van der Waals surface area contributed by atoms with Gasteiger partial charge in [0.05, 0.1) is 12.5 Å². The number of carbonyl (C=O) groups excluding carboxylic acids is 4. The number of carbonyl (C=O) groups is 4. The number of carboxylic acid groups (broad SMARTS) is 2. The Hall–Kier alpha value is -1.95. The summed E-state index contributed by atoms with van der Waals surface area (Å²) in [4.78, 5) is 38.5. The predicted octanol–water partition coefficient (Wildman–Crippen LogP) is -3.16. The topological polar surface area (TPSA) is 133 Å². The molecule has 0 saturated carbocycles. The first kappa shape index (κ1) is 20.5. The van der Waals surface area contributed by atoms with Gasteiger partial charge in [0.25, 0.3) is 0 Å². The smallest absolute Gasteiger partial charge is 0.539 e. The molecule has 0 aromatic heterocycles. The minimum Gasteiger partial charge on any atom is -0.539 e. The second-order valence-corrected chi connectivity index (χ2v) is 1.72. The van der Waals surface area contributed by atoms with Crippen LogP contribution >= 0.6 is 0 Å². The van der Waals surface area contributed by atoms with Crippen LogP contribution in [-0.4, -0.2) is 23.9 Å². The van der Waals surface area contributed by atoms with Crippen molar-refractivity contribution in [2.45, 2.75) is 0 Å². The van der Waals surface area contributed by atoms with E-state index < -0.39 is 23.9 Å². The Balaban J connectivity index is -0.000000218. The van der Waals surface area contributed by atoms with Gasteiger partial charge in [0, 0.05) is 0 Å². The molecule has 0 aliphatic heterocycles. The molecule has 0 heterocycles. The minimum atomic E-state index is -1.87. The number of ether oxygens (including phenoxy) is 2. The molecule has 9 heteroatoms. The Labute approximate surface area is 110 Å². The van der Waals surface area contributed by atoms with Gasteiger partial charge >= 0.3 is 33.0 Å². The zero-order valence-corrected chi connectivity index (χ0v) is 10.4. The molecule has 0 aliphatic rings. The van der Waals surface area contributed by atoms with Crippen LogP contribution in [0.3, 0.4) is 0 Å². The maximum absolute atomic E-state index is 9.79. The number of aliphatic carboxylic acids is 2. The fraction of sp³-hybridized carbons (Fsp3) is 0. The van der Waals surface area contributed by atoms with Gasteiger partial charge in [-0.05, 0) is 0 Å². The van der Waals surface area contributed by atoms with Crippen LogP contribution in [0, 0.1) is 0 Å². The van der Waals surface area contributed by atoms with Gasteiger partial charge in [-0.2, -0.15) is 0 Å². The van der Waals surface area contributed by atoms with E-state index in [4.69, 9.17) is 0 Å². The third kappa shape index (κ3) is 14.0. The van der Waals surface area contributed by atoms with E-state index in [2.05, 4.69) is 22.6 Å². The van der Waals surface area contributed by atoms with E-state index in [1.807, 2.05) is 0 Å².